The van der Waals surface area contributed by atoms with Gasteiger partial charge in [-0.25, -0.2) is 9.78 Å². The Morgan fingerprint density at radius 1 is 1.32 bits per heavy atom. The molecular formula is C21H21ClN2O3S. The van der Waals surface area contributed by atoms with E-state index in [9.17, 15) is 14.7 Å². The summed E-state index contributed by atoms with van der Waals surface area (Å²) in [6.45, 7) is 3.09. The van der Waals surface area contributed by atoms with Crippen LogP contribution in [0.1, 0.15) is 48.5 Å². The summed E-state index contributed by atoms with van der Waals surface area (Å²) < 4.78 is 1.36. The molecule has 5 nitrogen and oxygen atoms in total. The van der Waals surface area contributed by atoms with Crippen LogP contribution >= 0.6 is 22.9 Å². The first kappa shape index (κ1) is 19.2. The highest BCUT2D eigenvalue weighted by Crippen LogP contribution is 2.34. The van der Waals surface area contributed by atoms with E-state index in [4.69, 9.17) is 16.6 Å². The Balaban J connectivity index is 1.99. The highest BCUT2D eigenvalue weighted by Gasteiger charge is 2.35. The molecule has 1 N–H and O–H groups in total. The molecule has 0 saturated carbocycles. The molecule has 28 heavy (non-hydrogen) atoms. The van der Waals surface area contributed by atoms with E-state index in [1.807, 2.05) is 18.2 Å². The van der Waals surface area contributed by atoms with Crippen molar-refractivity contribution in [2.45, 2.75) is 51.5 Å². The third-order valence-corrected chi connectivity index (χ3v) is 6.81. The number of hydrogen-bond donors (Lipinski definition) is 1. The van der Waals surface area contributed by atoms with Gasteiger partial charge in [0, 0.05) is 16.3 Å². The smallest absolute Gasteiger partial charge is 0.329 e. The zero-order valence-corrected chi connectivity index (χ0v) is 17.4. The van der Waals surface area contributed by atoms with Gasteiger partial charge in [-0.2, -0.15) is 0 Å². The number of thiophene rings is 1. The Kier molecular flexibility index (Phi) is 4.79. The molecule has 2 aromatic heterocycles. The van der Waals surface area contributed by atoms with Crippen LogP contribution in [0.25, 0.3) is 10.2 Å². The molecular weight excluding hydrogens is 396 g/mol. The van der Waals surface area contributed by atoms with Crippen LogP contribution in [0, 0.1) is 0 Å². The van der Waals surface area contributed by atoms with Gasteiger partial charge in [-0.3, -0.25) is 9.36 Å². The van der Waals surface area contributed by atoms with Gasteiger partial charge in [0.25, 0.3) is 5.56 Å². The van der Waals surface area contributed by atoms with Crippen LogP contribution in [0.3, 0.4) is 0 Å². The Labute approximate surface area is 171 Å². The van der Waals surface area contributed by atoms with Gasteiger partial charge in [0.1, 0.15) is 16.2 Å². The van der Waals surface area contributed by atoms with Crippen LogP contribution in [0.2, 0.25) is 5.02 Å². The average Bonchev–Trinajstić information content (AvgIpc) is 3.00. The van der Waals surface area contributed by atoms with Crippen LogP contribution in [0.15, 0.2) is 29.1 Å². The summed E-state index contributed by atoms with van der Waals surface area (Å²) in [5.74, 6) is -0.613. The molecule has 0 radical (unpaired) electrons. The van der Waals surface area contributed by atoms with Crippen LogP contribution in [-0.4, -0.2) is 20.6 Å². The van der Waals surface area contributed by atoms with Gasteiger partial charge in [0.2, 0.25) is 0 Å². The minimum absolute atomic E-state index is 0.256. The van der Waals surface area contributed by atoms with E-state index in [1.54, 1.807) is 31.3 Å². The molecule has 0 aliphatic heterocycles. The summed E-state index contributed by atoms with van der Waals surface area (Å²) >= 11 is 7.68. The molecule has 0 atom stereocenters. The summed E-state index contributed by atoms with van der Waals surface area (Å²) in [6.07, 6.45) is 4.31. The van der Waals surface area contributed by atoms with Crippen molar-refractivity contribution in [2.24, 2.45) is 0 Å². The maximum absolute atomic E-state index is 13.5. The Morgan fingerprint density at radius 2 is 2.07 bits per heavy atom. The second kappa shape index (κ2) is 7.01. The molecule has 0 spiro atoms. The number of rotatable bonds is 4. The Bertz CT molecular complexity index is 1150. The number of benzene rings is 1. The van der Waals surface area contributed by atoms with Gasteiger partial charge in [-0.15, -0.1) is 11.3 Å². The van der Waals surface area contributed by atoms with E-state index in [1.165, 1.54) is 9.44 Å². The van der Waals surface area contributed by atoms with Crippen molar-refractivity contribution < 1.29 is 9.90 Å². The zero-order chi connectivity index (χ0) is 20.1. The van der Waals surface area contributed by atoms with Crippen molar-refractivity contribution in [1.82, 2.24) is 9.55 Å². The summed E-state index contributed by atoms with van der Waals surface area (Å²) in [7, 11) is 0. The number of carboxylic acid groups (broad SMARTS) is 1. The fourth-order valence-electron chi connectivity index (χ4n) is 3.87. The molecule has 4 rings (SSSR count). The van der Waals surface area contributed by atoms with Crippen LogP contribution in [-0.2, 0) is 29.6 Å². The molecule has 3 aromatic rings. The molecule has 0 fully saturated rings. The molecule has 2 heterocycles. The number of aromatic nitrogens is 2. The van der Waals surface area contributed by atoms with Gasteiger partial charge < -0.3 is 5.11 Å². The quantitative estimate of drug-likeness (QED) is 0.684. The lowest BCUT2D eigenvalue weighted by Gasteiger charge is -2.26. The van der Waals surface area contributed by atoms with Crippen molar-refractivity contribution >= 4 is 39.1 Å². The fourth-order valence-corrected chi connectivity index (χ4v) is 5.35. The number of carboxylic acids is 1. The highest BCUT2D eigenvalue weighted by molar-refractivity contribution is 7.18. The first-order chi connectivity index (χ1) is 13.3. The van der Waals surface area contributed by atoms with E-state index in [-0.39, 0.29) is 5.56 Å². The van der Waals surface area contributed by atoms with Crippen molar-refractivity contribution in [3.8, 4) is 0 Å². The third kappa shape index (κ3) is 3.14. The van der Waals surface area contributed by atoms with Crippen LogP contribution in [0.5, 0.6) is 0 Å². The molecule has 0 saturated heterocycles. The summed E-state index contributed by atoms with van der Waals surface area (Å²) in [6, 6.07) is 7.34. The number of aliphatic carboxylic acids is 1. The number of carbonyl (C=O) groups is 1. The highest BCUT2D eigenvalue weighted by atomic mass is 35.5. The molecule has 146 valence electrons. The van der Waals surface area contributed by atoms with E-state index < -0.39 is 11.5 Å². The van der Waals surface area contributed by atoms with Gasteiger partial charge in [0.15, 0.2) is 0 Å². The van der Waals surface area contributed by atoms with E-state index >= 15 is 0 Å². The van der Waals surface area contributed by atoms with Gasteiger partial charge in [-0.1, -0.05) is 23.7 Å². The number of nitrogens with zero attached hydrogens (tertiary/aromatic N) is 2. The van der Waals surface area contributed by atoms with Crippen LogP contribution in [0.4, 0.5) is 0 Å². The average molecular weight is 417 g/mol. The second-order valence-electron chi connectivity index (χ2n) is 7.73. The molecule has 7 heteroatoms. The van der Waals surface area contributed by atoms with Crippen molar-refractivity contribution in [3.05, 3.63) is 61.5 Å². The number of hydrogen-bond acceptors (Lipinski definition) is 4. The van der Waals surface area contributed by atoms with Crippen molar-refractivity contribution in [1.29, 1.82) is 0 Å². The number of aryl methyl sites for hydroxylation is 2. The topological polar surface area (TPSA) is 72.2 Å². The predicted octanol–water partition coefficient (Wildman–Crippen LogP) is 4.40. The number of fused-ring (bicyclic) bond motifs is 3. The minimum Gasteiger partial charge on any atom is -0.480 e. The fraction of sp³-hybridized carbons (Fsp3) is 0.381. The van der Waals surface area contributed by atoms with Crippen LogP contribution < -0.4 is 5.56 Å². The minimum atomic E-state index is -1.41. The van der Waals surface area contributed by atoms with Gasteiger partial charge in [-0.05, 0) is 62.8 Å². The monoisotopic (exact) mass is 416 g/mol. The second-order valence-corrected chi connectivity index (χ2v) is 9.25. The largest absolute Gasteiger partial charge is 0.480 e. The molecule has 0 unspecified atom stereocenters. The lowest BCUT2D eigenvalue weighted by Crippen LogP contribution is -2.45. The number of halogens is 1. The SMILES string of the molecule is CC(C)(C(=O)O)n1c(Cc2cccc(Cl)c2)nc2sc3c(c2c1=O)CCCC3. The predicted molar refractivity (Wildman–Crippen MR) is 112 cm³/mol. The zero-order valence-electron chi connectivity index (χ0n) is 15.8. The van der Waals surface area contributed by atoms with E-state index in [0.717, 1.165) is 36.8 Å². The first-order valence-electron chi connectivity index (χ1n) is 9.33. The van der Waals surface area contributed by atoms with E-state index in [0.29, 0.717) is 27.5 Å². The molecule has 0 amide bonds. The normalized spacial score (nSPS) is 14.2. The van der Waals surface area contributed by atoms with Crippen molar-refractivity contribution in [3.63, 3.8) is 0 Å². The van der Waals surface area contributed by atoms with Gasteiger partial charge in [0.05, 0.1) is 5.39 Å². The van der Waals surface area contributed by atoms with Crippen molar-refractivity contribution in [2.75, 3.05) is 0 Å². The lowest BCUT2D eigenvalue weighted by atomic mass is 9.96. The lowest BCUT2D eigenvalue weighted by molar-refractivity contribution is -0.146. The molecule has 1 aromatic carbocycles. The summed E-state index contributed by atoms with van der Waals surface area (Å²) in [5, 5.41) is 11.0. The third-order valence-electron chi connectivity index (χ3n) is 5.39. The van der Waals surface area contributed by atoms with E-state index in [2.05, 4.69) is 0 Å². The molecule has 1 aliphatic carbocycles. The summed E-state index contributed by atoms with van der Waals surface area (Å²) in [5.41, 5.74) is 0.284. The van der Waals surface area contributed by atoms with Gasteiger partial charge >= 0.3 is 5.97 Å². The first-order valence-corrected chi connectivity index (χ1v) is 10.5. The summed E-state index contributed by atoms with van der Waals surface area (Å²) in [4.78, 5) is 32.2. The molecule has 1 aliphatic rings. The standard InChI is InChI=1S/C21H21ClN2O3S/c1-21(2,20(26)27)24-16(11-12-6-5-7-13(22)10-12)23-18-17(19(24)25)14-8-3-4-9-15(14)28-18/h5-7,10H,3-4,8-9,11H2,1-2H3,(H,26,27). The Hall–Kier alpha value is -2.18. The molecule has 0 bridgehead atoms. The maximum Gasteiger partial charge on any atom is 0.329 e. The Morgan fingerprint density at radius 3 is 2.79 bits per heavy atom. The maximum atomic E-state index is 13.5.